The summed E-state index contributed by atoms with van der Waals surface area (Å²) in [5.41, 5.74) is 3.95. The van der Waals surface area contributed by atoms with Crippen molar-refractivity contribution in [3.8, 4) is 5.69 Å². The predicted molar refractivity (Wildman–Crippen MR) is 125 cm³/mol. The average Bonchev–Trinajstić information content (AvgIpc) is 3.41. The Morgan fingerprint density at radius 2 is 1.72 bits per heavy atom. The van der Waals surface area contributed by atoms with Crippen molar-refractivity contribution in [2.45, 2.75) is 19.0 Å². The largest absolute Gasteiger partial charge is 0.351 e. The van der Waals surface area contributed by atoms with Crippen molar-refractivity contribution < 1.29 is 8.78 Å². The SMILES string of the molecule is Cc1cc(N2C(=S)NC(c3ccccn3)C2c2cccn2-c2ccc(F)cc2)ccc1F. The molecule has 0 bridgehead atoms. The number of thiocarbonyl (C=S) groups is 1. The van der Waals surface area contributed by atoms with Gasteiger partial charge in [0.1, 0.15) is 17.7 Å². The highest BCUT2D eigenvalue weighted by atomic mass is 32.1. The summed E-state index contributed by atoms with van der Waals surface area (Å²) < 4.78 is 29.5. The Kier molecular flexibility index (Phi) is 5.19. The molecule has 3 heterocycles. The van der Waals surface area contributed by atoms with E-state index in [0.717, 1.165) is 22.8 Å². The number of benzene rings is 2. The van der Waals surface area contributed by atoms with Gasteiger partial charge in [0, 0.05) is 29.5 Å². The van der Waals surface area contributed by atoms with Crippen LogP contribution in [0.15, 0.2) is 85.2 Å². The van der Waals surface area contributed by atoms with Crippen LogP contribution in [0.25, 0.3) is 5.69 Å². The van der Waals surface area contributed by atoms with E-state index in [2.05, 4.69) is 10.3 Å². The maximum absolute atomic E-state index is 14.0. The quantitative estimate of drug-likeness (QED) is 0.412. The molecule has 4 aromatic rings. The number of aryl methyl sites for hydroxylation is 1. The van der Waals surface area contributed by atoms with E-state index >= 15 is 0 Å². The maximum atomic E-state index is 14.0. The zero-order valence-corrected chi connectivity index (χ0v) is 18.1. The standard InChI is InChI=1S/C25H20F2N4S/c1-16-15-19(11-12-20(16)27)31-24(23(29-25(31)32)21-5-2-3-13-28-21)22-6-4-14-30(22)18-9-7-17(26)8-10-18/h2-15,23-24H,1H3,(H,29,32). The van der Waals surface area contributed by atoms with Crippen molar-refractivity contribution in [2.75, 3.05) is 4.90 Å². The number of hydrogen-bond acceptors (Lipinski definition) is 2. The number of nitrogens with one attached hydrogen (secondary N) is 1. The van der Waals surface area contributed by atoms with E-state index in [0.29, 0.717) is 10.7 Å². The summed E-state index contributed by atoms with van der Waals surface area (Å²) in [5, 5.41) is 3.94. The smallest absolute Gasteiger partial charge is 0.174 e. The minimum Gasteiger partial charge on any atom is -0.351 e. The summed E-state index contributed by atoms with van der Waals surface area (Å²) in [6.07, 6.45) is 3.69. The van der Waals surface area contributed by atoms with E-state index in [1.54, 1.807) is 37.4 Å². The lowest BCUT2D eigenvalue weighted by molar-refractivity contribution is 0.548. The van der Waals surface area contributed by atoms with Crippen molar-refractivity contribution in [1.29, 1.82) is 0 Å². The zero-order valence-electron chi connectivity index (χ0n) is 17.2. The van der Waals surface area contributed by atoms with Crippen LogP contribution in [-0.2, 0) is 0 Å². The molecular formula is C25H20F2N4S. The third kappa shape index (κ3) is 3.54. The van der Waals surface area contributed by atoms with Gasteiger partial charge in [0.15, 0.2) is 5.11 Å². The second-order valence-corrected chi connectivity index (χ2v) is 8.10. The van der Waals surface area contributed by atoms with E-state index in [9.17, 15) is 8.78 Å². The van der Waals surface area contributed by atoms with Crippen LogP contribution in [-0.4, -0.2) is 14.7 Å². The van der Waals surface area contributed by atoms with Gasteiger partial charge in [0.05, 0.1) is 11.7 Å². The Balaban J connectivity index is 1.67. The van der Waals surface area contributed by atoms with Crippen LogP contribution in [0.3, 0.4) is 0 Å². The van der Waals surface area contributed by atoms with Gasteiger partial charge in [-0.1, -0.05) is 6.07 Å². The second kappa shape index (κ2) is 8.16. The lowest BCUT2D eigenvalue weighted by Gasteiger charge is -2.29. The van der Waals surface area contributed by atoms with Crippen molar-refractivity contribution in [2.24, 2.45) is 0 Å². The van der Waals surface area contributed by atoms with Crippen molar-refractivity contribution in [1.82, 2.24) is 14.9 Å². The molecule has 4 nitrogen and oxygen atoms in total. The van der Waals surface area contributed by atoms with Gasteiger partial charge < -0.3 is 14.8 Å². The lowest BCUT2D eigenvalue weighted by atomic mass is 10.0. The molecule has 5 rings (SSSR count). The molecule has 0 radical (unpaired) electrons. The fraction of sp³-hybridized carbons (Fsp3) is 0.120. The second-order valence-electron chi connectivity index (χ2n) is 7.71. The van der Waals surface area contributed by atoms with E-state index < -0.39 is 0 Å². The Hall–Kier alpha value is -3.58. The first-order valence-electron chi connectivity index (χ1n) is 10.2. The summed E-state index contributed by atoms with van der Waals surface area (Å²) in [7, 11) is 0. The maximum Gasteiger partial charge on any atom is 0.174 e. The fourth-order valence-corrected chi connectivity index (χ4v) is 4.53. The highest BCUT2D eigenvalue weighted by molar-refractivity contribution is 7.80. The van der Waals surface area contributed by atoms with E-state index in [4.69, 9.17) is 12.2 Å². The van der Waals surface area contributed by atoms with Gasteiger partial charge in [-0.25, -0.2) is 8.78 Å². The fourth-order valence-electron chi connectivity index (χ4n) is 4.18. The first-order chi connectivity index (χ1) is 15.5. The van der Waals surface area contributed by atoms with Crippen molar-refractivity contribution >= 4 is 23.0 Å². The first-order valence-corrected chi connectivity index (χ1v) is 10.6. The molecule has 2 aromatic heterocycles. The molecule has 0 aliphatic carbocycles. The van der Waals surface area contributed by atoms with Gasteiger partial charge in [-0.2, -0.15) is 0 Å². The van der Waals surface area contributed by atoms with Crippen LogP contribution in [0.1, 0.15) is 29.0 Å². The molecule has 160 valence electrons. The monoisotopic (exact) mass is 446 g/mol. The molecule has 1 saturated heterocycles. The Bertz CT molecular complexity index is 1270. The van der Waals surface area contributed by atoms with Crippen LogP contribution in [0.2, 0.25) is 0 Å². The van der Waals surface area contributed by atoms with Crippen molar-refractivity contribution in [3.63, 3.8) is 0 Å². The van der Waals surface area contributed by atoms with Crippen LogP contribution in [0.5, 0.6) is 0 Å². The number of hydrogen-bond donors (Lipinski definition) is 1. The number of halogens is 2. The third-order valence-electron chi connectivity index (χ3n) is 5.71. The van der Waals surface area contributed by atoms with Crippen LogP contribution in [0.4, 0.5) is 14.5 Å². The molecule has 0 amide bonds. The van der Waals surface area contributed by atoms with Crippen molar-refractivity contribution in [3.05, 3.63) is 114 Å². The summed E-state index contributed by atoms with van der Waals surface area (Å²) in [6.45, 7) is 1.73. The van der Waals surface area contributed by atoms with Crippen LogP contribution >= 0.6 is 12.2 Å². The molecule has 1 aliphatic rings. The number of pyridine rings is 1. The van der Waals surface area contributed by atoms with Gasteiger partial charge in [-0.3, -0.25) is 4.98 Å². The van der Waals surface area contributed by atoms with E-state index in [1.165, 1.54) is 18.2 Å². The molecule has 0 saturated carbocycles. The minimum absolute atomic E-state index is 0.233. The van der Waals surface area contributed by atoms with E-state index in [-0.39, 0.29) is 23.7 Å². The number of aromatic nitrogens is 2. The molecule has 0 spiro atoms. The van der Waals surface area contributed by atoms with Gasteiger partial charge in [0.2, 0.25) is 0 Å². The summed E-state index contributed by atoms with van der Waals surface area (Å²) >= 11 is 5.74. The highest BCUT2D eigenvalue weighted by Gasteiger charge is 2.42. The molecule has 1 aliphatic heterocycles. The van der Waals surface area contributed by atoms with Crippen LogP contribution in [0, 0.1) is 18.6 Å². The third-order valence-corrected chi connectivity index (χ3v) is 6.02. The summed E-state index contributed by atoms with van der Waals surface area (Å²) in [6, 6.07) is 20.6. The number of anilines is 1. The molecule has 32 heavy (non-hydrogen) atoms. The lowest BCUT2D eigenvalue weighted by Crippen LogP contribution is -2.30. The Morgan fingerprint density at radius 1 is 0.938 bits per heavy atom. The summed E-state index contributed by atoms with van der Waals surface area (Å²) in [5.74, 6) is -0.555. The van der Waals surface area contributed by atoms with Gasteiger partial charge in [-0.05, 0) is 91.4 Å². The summed E-state index contributed by atoms with van der Waals surface area (Å²) in [4.78, 5) is 6.56. The first kappa shape index (κ1) is 20.3. The highest BCUT2D eigenvalue weighted by Crippen LogP contribution is 2.42. The molecule has 1 N–H and O–H groups in total. The molecular weight excluding hydrogens is 426 g/mol. The Labute approximate surface area is 190 Å². The number of nitrogens with zero attached hydrogens (tertiary/aromatic N) is 3. The Morgan fingerprint density at radius 3 is 2.44 bits per heavy atom. The minimum atomic E-state index is -0.291. The van der Waals surface area contributed by atoms with E-state index in [1.807, 2.05) is 46.0 Å². The van der Waals surface area contributed by atoms with Gasteiger partial charge in [0.25, 0.3) is 0 Å². The molecule has 1 fully saturated rings. The van der Waals surface area contributed by atoms with Gasteiger partial charge in [-0.15, -0.1) is 0 Å². The molecule has 2 unspecified atom stereocenters. The zero-order chi connectivity index (χ0) is 22.2. The predicted octanol–water partition coefficient (Wildman–Crippen LogP) is 5.64. The average molecular weight is 447 g/mol. The molecule has 7 heteroatoms. The molecule has 2 aromatic carbocycles. The number of rotatable bonds is 4. The van der Waals surface area contributed by atoms with Gasteiger partial charge >= 0.3 is 0 Å². The molecule has 2 atom stereocenters. The van der Waals surface area contributed by atoms with Crippen LogP contribution < -0.4 is 10.2 Å². The topological polar surface area (TPSA) is 33.1 Å². The normalized spacial score (nSPS) is 18.1.